The monoisotopic (exact) mass is 351 g/mol. The molecule has 0 radical (unpaired) electrons. The first-order chi connectivity index (χ1) is 12.7. The third-order valence-electron chi connectivity index (χ3n) is 4.78. The second-order valence-electron chi connectivity index (χ2n) is 6.66. The van der Waals surface area contributed by atoms with Crippen LogP contribution in [-0.4, -0.2) is 32.4 Å². The number of aromatic nitrogens is 4. The highest BCUT2D eigenvalue weighted by Gasteiger charge is 2.31. The number of nitrogens with zero attached hydrogens (tertiary/aromatic N) is 4. The lowest BCUT2D eigenvalue weighted by Crippen LogP contribution is -2.30. The van der Waals surface area contributed by atoms with Crippen molar-refractivity contribution in [1.82, 2.24) is 25.2 Å². The van der Waals surface area contributed by atoms with Crippen molar-refractivity contribution in [1.29, 1.82) is 0 Å². The summed E-state index contributed by atoms with van der Waals surface area (Å²) in [7, 11) is 1.74. The van der Waals surface area contributed by atoms with Gasteiger partial charge in [-0.15, -0.1) is 0 Å². The maximum Gasteiger partial charge on any atom is 0.270 e. The molecule has 3 heterocycles. The second kappa shape index (κ2) is 5.69. The molecule has 0 spiro atoms. The molecule has 1 aromatic carbocycles. The molecule has 0 unspecified atom stereocenters. The van der Waals surface area contributed by atoms with Crippen molar-refractivity contribution in [3.8, 4) is 17.1 Å². The molecule has 0 saturated heterocycles. The summed E-state index contributed by atoms with van der Waals surface area (Å²) >= 11 is 0. The van der Waals surface area contributed by atoms with Crippen LogP contribution < -0.4 is 10.1 Å². The molecule has 1 N–H and O–H groups in total. The molecule has 1 atom stereocenters. The normalized spacial score (nSPS) is 18.4. The van der Waals surface area contributed by atoms with E-state index in [-0.39, 0.29) is 11.9 Å². The van der Waals surface area contributed by atoms with Gasteiger partial charge in [0.2, 0.25) is 11.7 Å². The van der Waals surface area contributed by atoms with Crippen molar-refractivity contribution in [2.24, 2.45) is 7.05 Å². The molecule has 2 aliphatic rings. The number of hydrogen-bond acceptors (Lipinski definition) is 6. The quantitative estimate of drug-likeness (QED) is 0.774. The number of benzene rings is 1. The first-order valence-electron chi connectivity index (χ1n) is 8.58. The molecule has 1 amide bonds. The number of carbonyl (C=O) groups is 1. The van der Waals surface area contributed by atoms with Gasteiger partial charge in [-0.1, -0.05) is 17.3 Å². The number of fused-ring (bicyclic) bond motifs is 1. The van der Waals surface area contributed by atoms with Gasteiger partial charge in [0.1, 0.15) is 18.1 Å². The zero-order valence-corrected chi connectivity index (χ0v) is 14.2. The maximum atomic E-state index is 12.4. The van der Waals surface area contributed by atoms with Crippen molar-refractivity contribution < 1.29 is 14.1 Å². The highest BCUT2D eigenvalue weighted by molar-refractivity contribution is 5.92. The summed E-state index contributed by atoms with van der Waals surface area (Å²) in [6.07, 6.45) is 3.83. The average Bonchev–Trinajstić information content (AvgIpc) is 3.05. The van der Waals surface area contributed by atoms with Gasteiger partial charge in [0.05, 0.1) is 6.04 Å². The molecule has 5 rings (SSSR count). The minimum atomic E-state index is -0.200. The van der Waals surface area contributed by atoms with Crippen LogP contribution in [0.25, 0.3) is 11.4 Å². The molecule has 1 saturated carbocycles. The Balaban J connectivity index is 1.36. The Labute approximate surface area is 149 Å². The molecule has 1 aliphatic carbocycles. The fourth-order valence-electron chi connectivity index (χ4n) is 3.15. The fourth-order valence-corrected chi connectivity index (χ4v) is 3.15. The van der Waals surface area contributed by atoms with E-state index in [9.17, 15) is 4.79 Å². The molecule has 0 bridgehead atoms. The summed E-state index contributed by atoms with van der Waals surface area (Å²) in [5.41, 5.74) is 2.29. The van der Waals surface area contributed by atoms with E-state index in [1.807, 2.05) is 18.2 Å². The molecule has 26 heavy (non-hydrogen) atoms. The molecule has 8 nitrogen and oxygen atoms in total. The van der Waals surface area contributed by atoms with Crippen LogP contribution in [-0.2, 0) is 7.05 Å². The van der Waals surface area contributed by atoms with E-state index in [1.54, 1.807) is 24.0 Å². The van der Waals surface area contributed by atoms with Crippen LogP contribution in [0.5, 0.6) is 5.75 Å². The summed E-state index contributed by atoms with van der Waals surface area (Å²) in [6, 6.07) is 7.25. The number of hydrogen-bond donors (Lipinski definition) is 1. The molecular weight excluding hydrogens is 334 g/mol. The Morgan fingerprint density at radius 1 is 1.31 bits per heavy atom. The van der Waals surface area contributed by atoms with Crippen LogP contribution in [0, 0.1) is 0 Å². The lowest BCUT2D eigenvalue weighted by Gasteiger charge is -2.11. The van der Waals surface area contributed by atoms with Gasteiger partial charge in [-0.05, 0) is 25.0 Å². The molecule has 1 aliphatic heterocycles. The van der Waals surface area contributed by atoms with Crippen LogP contribution in [0.15, 0.2) is 35.0 Å². The van der Waals surface area contributed by atoms with E-state index < -0.39 is 0 Å². The number of amides is 1. The number of ether oxygens (including phenoxy) is 1. The van der Waals surface area contributed by atoms with E-state index in [2.05, 4.69) is 20.6 Å². The van der Waals surface area contributed by atoms with Gasteiger partial charge in [0, 0.05) is 30.3 Å². The second-order valence-corrected chi connectivity index (χ2v) is 6.66. The topological polar surface area (TPSA) is 95.1 Å². The fraction of sp³-hybridized carbons (Fsp3) is 0.333. The zero-order valence-electron chi connectivity index (χ0n) is 14.2. The molecule has 2 aromatic heterocycles. The lowest BCUT2D eigenvalue weighted by molar-refractivity contribution is 0.0920. The van der Waals surface area contributed by atoms with Crippen molar-refractivity contribution in [3.63, 3.8) is 0 Å². The van der Waals surface area contributed by atoms with Crippen LogP contribution in [0.3, 0.4) is 0 Å². The number of aryl methyl sites for hydroxylation is 1. The Hall–Kier alpha value is -3.16. The van der Waals surface area contributed by atoms with Gasteiger partial charge in [0.25, 0.3) is 5.91 Å². The van der Waals surface area contributed by atoms with Crippen LogP contribution >= 0.6 is 0 Å². The Kier molecular flexibility index (Phi) is 3.31. The number of carbonyl (C=O) groups excluding carboxylic acids is 1. The highest BCUT2D eigenvalue weighted by Crippen LogP contribution is 2.40. The highest BCUT2D eigenvalue weighted by atomic mass is 16.5. The summed E-state index contributed by atoms with van der Waals surface area (Å²) in [4.78, 5) is 16.9. The third kappa shape index (κ3) is 2.54. The van der Waals surface area contributed by atoms with Crippen LogP contribution in [0.1, 0.15) is 46.7 Å². The molecular formula is C18H17N5O3. The maximum absolute atomic E-state index is 12.4. The number of rotatable bonds is 4. The molecule has 132 valence electrons. The first kappa shape index (κ1) is 15.1. The van der Waals surface area contributed by atoms with Crippen LogP contribution in [0.4, 0.5) is 0 Å². The first-order valence-corrected chi connectivity index (χ1v) is 8.58. The third-order valence-corrected chi connectivity index (χ3v) is 4.78. The van der Waals surface area contributed by atoms with Gasteiger partial charge in [-0.25, -0.2) is 0 Å². The smallest absolute Gasteiger partial charge is 0.270 e. The predicted octanol–water partition coefficient (Wildman–Crippen LogP) is 2.21. The minimum Gasteiger partial charge on any atom is -0.491 e. The van der Waals surface area contributed by atoms with E-state index in [4.69, 9.17) is 9.26 Å². The largest absolute Gasteiger partial charge is 0.491 e. The van der Waals surface area contributed by atoms with Gasteiger partial charge >= 0.3 is 0 Å². The van der Waals surface area contributed by atoms with Crippen molar-refractivity contribution in [2.75, 3.05) is 6.61 Å². The zero-order chi connectivity index (χ0) is 17.7. The SMILES string of the molecule is Cn1nccc1C(=O)N[C@H]1COc2cc(-c3noc(C4CC4)n3)ccc21. The average molecular weight is 351 g/mol. The van der Waals surface area contributed by atoms with E-state index in [0.29, 0.717) is 29.9 Å². The Morgan fingerprint density at radius 3 is 2.96 bits per heavy atom. The number of nitrogens with one attached hydrogen (secondary N) is 1. The Morgan fingerprint density at radius 2 is 2.19 bits per heavy atom. The summed E-state index contributed by atoms with van der Waals surface area (Å²) in [5.74, 6) is 2.26. The Bertz CT molecular complexity index is 988. The van der Waals surface area contributed by atoms with Gasteiger partial charge in [-0.2, -0.15) is 10.1 Å². The summed E-state index contributed by atoms with van der Waals surface area (Å²) in [5, 5.41) is 11.1. The standard InChI is InChI=1S/C18H17N5O3/c1-23-14(6-7-19-23)17(24)20-13-9-25-15-8-11(4-5-12(13)15)16-21-18(26-22-16)10-2-3-10/h4-8,10,13H,2-3,9H2,1H3,(H,20,24)/t13-/m0/s1. The van der Waals surface area contributed by atoms with Gasteiger partial charge in [-0.3, -0.25) is 9.48 Å². The molecule has 3 aromatic rings. The van der Waals surface area contributed by atoms with Gasteiger partial charge in [0.15, 0.2) is 0 Å². The predicted molar refractivity (Wildman–Crippen MR) is 90.6 cm³/mol. The van der Waals surface area contributed by atoms with E-state index >= 15 is 0 Å². The van der Waals surface area contributed by atoms with Crippen molar-refractivity contribution in [3.05, 3.63) is 47.6 Å². The summed E-state index contributed by atoms with van der Waals surface area (Å²) in [6.45, 7) is 0.391. The lowest BCUT2D eigenvalue weighted by atomic mass is 10.1. The van der Waals surface area contributed by atoms with Crippen molar-refractivity contribution in [2.45, 2.75) is 24.8 Å². The van der Waals surface area contributed by atoms with Crippen molar-refractivity contribution >= 4 is 5.91 Å². The minimum absolute atomic E-state index is 0.178. The van der Waals surface area contributed by atoms with E-state index in [1.165, 1.54) is 0 Å². The van der Waals surface area contributed by atoms with Gasteiger partial charge < -0.3 is 14.6 Å². The molecule has 8 heteroatoms. The summed E-state index contributed by atoms with van der Waals surface area (Å²) < 4.78 is 12.6. The molecule has 1 fully saturated rings. The van der Waals surface area contributed by atoms with Crippen LogP contribution in [0.2, 0.25) is 0 Å². The van der Waals surface area contributed by atoms with E-state index in [0.717, 1.165) is 29.7 Å².